The normalized spacial score (nSPS) is 12.2. The smallest absolute Gasteiger partial charge is 0.231 e. The summed E-state index contributed by atoms with van der Waals surface area (Å²) in [7, 11) is 0. The van der Waals surface area contributed by atoms with Gasteiger partial charge in [-0.15, -0.1) is 0 Å². The third-order valence-corrected chi connectivity index (χ3v) is 2.94. The Balaban J connectivity index is 2.16. The Kier molecular flexibility index (Phi) is 2.38. The van der Waals surface area contributed by atoms with Gasteiger partial charge in [0.1, 0.15) is 6.07 Å². The van der Waals surface area contributed by atoms with Crippen LogP contribution in [0.25, 0.3) is 11.1 Å². The summed E-state index contributed by atoms with van der Waals surface area (Å²) in [5.41, 5.74) is 3.12. The molecule has 1 aromatic heterocycles. The van der Waals surface area contributed by atoms with Crippen molar-refractivity contribution >= 4 is 0 Å². The molecule has 0 spiro atoms. The van der Waals surface area contributed by atoms with Gasteiger partial charge >= 0.3 is 0 Å². The summed E-state index contributed by atoms with van der Waals surface area (Å²) in [6, 6.07) is 9.69. The van der Waals surface area contributed by atoms with E-state index in [9.17, 15) is 5.26 Å². The van der Waals surface area contributed by atoms with Crippen molar-refractivity contribution in [3.63, 3.8) is 0 Å². The molecule has 0 fully saturated rings. The standard InChI is InChI=1S/C14H10N2O2/c1-9-12(7-15)11(4-5-16-9)10-2-3-13-14(6-10)18-8-17-13/h2-6H,8H2,1H3. The first-order chi connectivity index (χ1) is 8.79. The predicted molar refractivity (Wildman–Crippen MR) is 65.2 cm³/mol. The van der Waals surface area contributed by atoms with Gasteiger partial charge in [0.2, 0.25) is 6.79 Å². The van der Waals surface area contributed by atoms with Crippen molar-refractivity contribution in [2.45, 2.75) is 6.92 Å². The van der Waals surface area contributed by atoms with Crippen molar-refractivity contribution in [3.8, 4) is 28.7 Å². The van der Waals surface area contributed by atoms with Gasteiger partial charge in [-0.2, -0.15) is 5.26 Å². The van der Waals surface area contributed by atoms with Gasteiger partial charge in [-0.05, 0) is 30.7 Å². The molecule has 2 aromatic rings. The highest BCUT2D eigenvalue weighted by Gasteiger charge is 2.15. The lowest BCUT2D eigenvalue weighted by Gasteiger charge is -2.06. The minimum Gasteiger partial charge on any atom is -0.454 e. The first kappa shape index (κ1) is 10.6. The number of aromatic nitrogens is 1. The minimum atomic E-state index is 0.249. The van der Waals surface area contributed by atoms with Crippen LogP contribution < -0.4 is 9.47 Å². The van der Waals surface area contributed by atoms with E-state index in [0.717, 1.165) is 22.6 Å². The van der Waals surface area contributed by atoms with E-state index in [-0.39, 0.29) is 6.79 Å². The molecule has 88 valence electrons. The largest absolute Gasteiger partial charge is 0.454 e. The molecule has 18 heavy (non-hydrogen) atoms. The second-order valence-corrected chi connectivity index (χ2v) is 4.00. The summed E-state index contributed by atoms with van der Waals surface area (Å²) in [4.78, 5) is 4.13. The number of fused-ring (bicyclic) bond motifs is 1. The summed E-state index contributed by atoms with van der Waals surface area (Å²) in [6.07, 6.45) is 1.70. The predicted octanol–water partition coefficient (Wildman–Crippen LogP) is 2.66. The van der Waals surface area contributed by atoms with E-state index in [2.05, 4.69) is 11.1 Å². The van der Waals surface area contributed by atoms with Crippen molar-refractivity contribution in [1.82, 2.24) is 4.98 Å². The van der Waals surface area contributed by atoms with Gasteiger partial charge in [0.05, 0.1) is 11.3 Å². The quantitative estimate of drug-likeness (QED) is 0.766. The van der Waals surface area contributed by atoms with E-state index in [0.29, 0.717) is 11.3 Å². The zero-order valence-corrected chi connectivity index (χ0v) is 9.80. The Morgan fingerprint density at radius 1 is 1.22 bits per heavy atom. The number of ether oxygens (including phenoxy) is 2. The Labute approximate surface area is 104 Å². The molecule has 0 aliphatic carbocycles. The third kappa shape index (κ3) is 1.57. The number of hydrogen-bond acceptors (Lipinski definition) is 4. The first-order valence-corrected chi connectivity index (χ1v) is 5.55. The summed E-state index contributed by atoms with van der Waals surface area (Å²) >= 11 is 0. The van der Waals surface area contributed by atoms with E-state index in [1.165, 1.54) is 0 Å². The summed E-state index contributed by atoms with van der Waals surface area (Å²) in [5, 5.41) is 9.21. The number of aryl methyl sites for hydroxylation is 1. The van der Waals surface area contributed by atoms with Gasteiger partial charge in [-0.25, -0.2) is 0 Å². The number of hydrogen-bond donors (Lipinski definition) is 0. The fraction of sp³-hybridized carbons (Fsp3) is 0.143. The van der Waals surface area contributed by atoms with Crippen molar-refractivity contribution in [2.24, 2.45) is 0 Å². The minimum absolute atomic E-state index is 0.249. The number of pyridine rings is 1. The van der Waals surface area contributed by atoms with Gasteiger partial charge in [-0.1, -0.05) is 6.07 Å². The van der Waals surface area contributed by atoms with Crippen LogP contribution in [0.2, 0.25) is 0 Å². The van der Waals surface area contributed by atoms with Crippen LogP contribution in [-0.2, 0) is 0 Å². The molecule has 0 radical (unpaired) electrons. The second kappa shape index (κ2) is 4.04. The van der Waals surface area contributed by atoms with E-state index in [1.54, 1.807) is 6.20 Å². The average molecular weight is 238 g/mol. The summed E-state index contributed by atoms with van der Waals surface area (Å²) in [6.45, 7) is 2.08. The molecule has 1 aliphatic rings. The molecule has 0 atom stereocenters. The third-order valence-electron chi connectivity index (χ3n) is 2.94. The number of nitrogens with zero attached hydrogens (tertiary/aromatic N) is 2. The zero-order valence-electron chi connectivity index (χ0n) is 9.80. The molecular formula is C14H10N2O2. The van der Waals surface area contributed by atoms with E-state index in [1.807, 2.05) is 31.2 Å². The maximum Gasteiger partial charge on any atom is 0.231 e. The molecule has 3 rings (SSSR count). The molecule has 0 unspecified atom stereocenters. The summed E-state index contributed by atoms with van der Waals surface area (Å²) in [5.74, 6) is 1.45. The number of benzene rings is 1. The molecule has 0 N–H and O–H groups in total. The van der Waals surface area contributed by atoms with Crippen molar-refractivity contribution < 1.29 is 9.47 Å². The Hall–Kier alpha value is -2.54. The Morgan fingerprint density at radius 3 is 2.89 bits per heavy atom. The van der Waals surface area contributed by atoms with Gasteiger partial charge < -0.3 is 9.47 Å². The maximum atomic E-state index is 9.21. The number of rotatable bonds is 1. The van der Waals surface area contributed by atoms with Crippen LogP contribution in [0.1, 0.15) is 11.3 Å². The van der Waals surface area contributed by atoms with Crippen LogP contribution in [0.4, 0.5) is 0 Å². The van der Waals surface area contributed by atoms with Crippen LogP contribution in [0.15, 0.2) is 30.5 Å². The second-order valence-electron chi connectivity index (χ2n) is 4.00. The lowest BCUT2D eigenvalue weighted by molar-refractivity contribution is 0.174. The number of nitriles is 1. The molecule has 0 amide bonds. The Bertz CT molecular complexity index is 659. The van der Waals surface area contributed by atoms with Crippen molar-refractivity contribution in [1.29, 1.82) is 5.26 Å². The average Bonchev–Trinajstić information content (AvgIpc) is 2.85. The molecule has 4 heteroatoms. The molecule has 1 aliphatic heterocycles. The maximum absolute atomic E-state index is 9.21. The molecule has 0 bridgehead atoms. The molecule has 0 saturated carbocycles. The van der Waals surface area contributed by atoms with Crippen molar-refractivity contribution in [3.05, 3.63) is 41.7 Å². The van der Waals surface area contributed by atoms with Crippen LogP contribution in [0.3, 0.4) is 0 Å². The monoisotopic (exact) mass is 238 g/mol. The highest BCUT2D eigenvalue weighted by Crippen LogP contribution is 2.36. The molecule has 2 heterocycles. The topological polar surface area (TPSA) is 55.1 Å². The van der Waals surface area contributed by atoms with Crippen LogP contribution in [-0.4, -0.2) is 11.8 Å². The van der Waals surface area contributed by atoms with E-state index >= 15 is 0 Å². The van der Waals surface area contributed by atoms with Crippen LogP contribution >= 0.6 is 0 Å². The van der Waals surface area contributed by atoms with Gasteiger partial charge in [0, 0.05) is 11.8 Å². The molecule has 0 saturated heterocycles. The Morgan fingerprint density at radius 2 is 2.06 bits per heavy atom. The lowest BCUT2D eigenvalue weighted by Crippen LogP contribution is -1.93. The molecular weight excluding hydrogens is 228 g/mol. The molecule has 1 aromatic carbocycles. The van der Waals surface area contributed by atoms with E-state index < -0.39 is 0 Å². The fourth-order valence-electron chi connectivity index (χ4n) is 2.01. The van der Waals surface area contributed by atoms with Gasteiger partial charge in [0.25, 0.3) is 0 Å². The fourth-order valence-corrected chi connectivity index (χ4v) is 2.01. The highest BCUT2D eigenvalue weighted by atomic mass is 16.7. The zero-order chi connectivity index (χ0) is 12.5. The summed E-state index contributed by atoms with van der Waals surface area (Å²) < 4.78 is 10.6. The van der Waals surface area contributed by atoms with Crippen LogP contribution in [0.5, 0.6) is 11.5 Å². The van der Waals surface area contributed by atoms with Gasteiger partial charge in [-0.3, -0.25) is 4.98 Å². The van der Waals surface area contributed by atoms with E-state index in [4.69, 9.17) is 9.47 Å². The van der Waals surface area contributed by atoms with Gasteiger partial charge in [0.15, 0.2) is 11.5 Å². The lowest BCUT2D eigenvalue weighted by atomic mass is 10.00. The van der Waals surface area contributed by atoms with Crippen molar-refractivity contribution in [2.75, 3.05) is 6.79 Å². The SMILES string of the molecule is Cc1nccc(-c2ccc3c(c2)OCO3)c1C#N. The van der Waals surface area contributed by atoms with Crippen LogP contribution in [0, 0.1) is 18.3 Å². The molecule has 4 nitrogen and oxygen atoms in total. The first-order valence-electron chi connectivity index (χ1n) is 5.55. The highest BCUT2D eigenvalue weighted by molar-refractivity contribution is 5.73.